The molecule has 0 saturated carbocycles. The number of benzene rings is 1. The molecule has 0 radical (unpaired) electrons. The van der Waals surface area contributed by atoms with E-state index < -0.39 is 0 Å². The van der Waals surface area contributed by atoms with Gasteiger partial charge in [-0.25, -0.2) is 9.97 Å². The molecule has 0 aliphatic heterocycles. The fourth-order valence-electron chi connectivity index (χ4n) is 1.48. The maximum atomic E-state index is 12.0. The van der Waals surface area contributed by atoms with E-state index >= 15 is 0 Å². The second kappa shape index (κ2) is 5.27. The summed E-state index contributed by atoms with van der Waals surface area (Å²) in [5.74, 6) is 0.308. The number of nitrogens with one attached hydrogen (secondary N) is 1. The fraction of sp³-hybridized carbons (Fsp3) is 0.154. The van der Waals surface area contributed by atoms with Crippen LogP contribution >= 0.6 is 0 Å². The van der Waals surface area contributed by atoms with Crippen LogP contribution in [0.4, 0.5) is 11.5 Å². The van der Waals surface area contributed by atoms with Gasteiger partial charge < -0.3 is 10.2 Å². The fourth-order valence-corrected chi connectivity index (χ4v) is 1.48. The number of carbonyl (C=O) groups excluding carboxylic acids is 1. The Labute approximate surface area is 105 Å². The van der Waals surface area contributed by atoms with Crippen LogP contribution < -0.4 is 10.2 Å². The molecule has 0 fully saturated rings. The van der Waals surface area contributed by atoms with E-state index in [-0.39, 0.29) is 5.91 Å². The van der Waals surface area contributed by atoms with Crippen LogP contribution in [0, 0.1) is 0 Å². The Bertz CT molecular complexity index is 540. The van der Waals surface area contributed by atoms with Crippen molar-refractivity contribution in [1.29, 1.82) is 0 Å². The molecule has 0 saturated heterocycles. The van der Waals surface area contributed by atoms with Crippen LogP contribution in [0.3, 0.4) is 0 Å². The molecule has 0 aliphatic carbocycles. The van der Waals surface area contributed by atoms with Gasteiger partial charge in [0.05, 0.1) is 0 Å². The van der Waals surface area contributed by atoms with Crippen LogP contribution in [-0.4, -0.2) is 30.0 Å². The number of rotatable bonds is 3. The van der Waals surface area contributed by atoms with Crippen LogP contribution in [0.25, 0.3) is 0 Å². The summed E-state index contributed by atoms with van der Waals surface area (Å²) >= 11 is 0. The van der Waals surface area contributed by atoms with Gasteiger partial charge in [0.2, 0.25) is 0 Å². The van der Waals surface area contributed by atoms with Crippen molar-refractivity contribution in [1.82, 2.24) is 9.97 Å². The van der Waals surface area contributed by atoms with Crippen molar-refractivity contribution in [2.45, 2.75) is 0 Å². The van der Waals surface area contributed by atoms with Gasteiger partial charge in [-0.15, -0.1) is 0 Å². The summed E-state index contributed by atoms with van der Waals surface area (Å²) in [6.07, 6.45) is 2.98. The molecule has 1 aromatic carbocycles. The molecule has 0 bridgehead atoms. The summed E-state index contributed by atoms with van der Waals surface area (Å²) in [6, 6.07) is 9.04. The lowest BCUT2D eigenvalue weighted by molar-refractivity contribution is 0.102. The smallest absolute Gasteiger partial charge is 0.256 e. The van der Waals surface area contributed by atoms with Gasteiger partial charge >= 0.3 is 0 Å². The van der Waals surface area contributed by atoms with Crippen LogP contribution in [-0.2, 0) is 0 Å². The average molecular weight is 242 g/mol. The van der Waals surface area contributed by atoms with E-state index in [1.54, 1.807) is 18.3 Å². The molecule has 1 aromatic heterocycles. The zero-order valence-corrected chi connectivity index (χ0v) is 10.3. The SMILES string of the molecule is CN(C)c1cccc(C(=O)Nc2ccncn2)c1. The molecule has 5 heteroatoms. The topological polar surface area (TPSA) is 58.1 Å². The van der Waals surface area contributed by atoms with Crippen molar-refractivity contribution >= 4 is 17.4 Å². The Balaban J connectivity index is 2.16. The Morgan fingerprint density at radius 2 is 2.11 bits per heavy atom. The first-order valence-corrected chi connectivity index (χ1v) is 5.51. The summed E-state index contributed by atoms with van der Waals surface area (Å²) in [4.78, 5) is 21.7. The Hall–Kier alpha value is -2.43. The average Bonchev–Trinajstić information content (AvgIpc) is 2.40. The quantitative estimate of drug-likeness (QED) is 0.891. The highest BCUT2D eigenvalue weighted by atomic mass is 16.1. The minimum absolute atomic E-state index is 0.183. The predicted octanol–water partition coefficient (Wildman–Crippen LogP) is 1.79. The minimum Gasteiger partial charge on any atom is -0.378 e. The van der Waals surface area contributed by atoms with Gasteiger partial charge in [-0.2, -0.15) is 0 Å². The molecule has 92 valence electrons. The second-order valence-corrected chi connectivity index (χ2v) is 3.99. The van der Waals surface area contributed by atoms with Crippen LogP contribution in [0.5, 0.6) is 0 Å². The zero-order chi connectivity index (χ0) is 13.0. The predicted molar refractivity (Wildman–Crippen MR) is 70.8 cm³/mol. The Kier molecular flexibility index (Phi) is 3.52. The molecule has 1 amide bonds. The van der Waals surface area contributed by atoms with Crippen LogP contribution in [0.1, 0.15) is 10.4 Å². The lowest BCUT2D eigenvalue weighted by Crippen LogP contribution is -2.14. The molecule has 2 rings (SSSR count). The number of amides is 1. The van der Waals surface area contributed by atoms with E-state index in [9.17, 15) is 4.79 Å². The van der Waals surface area contributed by atoms with Crippen LogP contribution in [0.2, 0.25) is 0 Å². The van der Waals surface area contributed by atoms with Gasteiger partial charge in [-0.05, 0) is 24.3 Å². The third-order valence-corrected chi connectivity index (χ3v) is 2.45. The summed E-state index contributed by atoms with van der Waals surface area (Å²) in [5, 5.41) is 2.72. The number of hydrogen-bond donors (Lipinski definition) is 1. The third-order valence-electron chi connectivity index (χ3n) is 2.45. The van der Waals surface area contributed by atoms with Gasteiger partial charge in [0.1, 0.15) is 12.1 Å². The molecular weight excluding hydrogens is 228 g/mol. The minimum atomic E-state index is -0.183. The van der Waals surface area contributed by atoms with Gasteiger partial charge in [-0.3, -0.25) is 4.79 Å². The standard InChI is InChI=1S/C13H14N4O/c1-17(2)11-5-3-4-10(8-11)13(18)16-12-6-7-14-9-15-12/h3-9H,1-2H3,(H,14,15,16,18). The first-order chi connectivity index (χ1) is 8.66. The first-order valence-electron chi connectivity index (χ1n) is 5.51. The third kappa shape index (κ3) is 2.82. The van der Waals surface area contributed by atoms with E-state index in [4.69, 9.17) is 0 Å². The van der Waals surface area contributed by atoms with Crippen molar-refractivity contribution in [3.05, 3.63) is 48.4 Å². The molecule has 0 atom stereocenters. The Morgan fingerprint density at radius 1 is 1.28 bits per heavy atom. The summed E-state index contributed by atoms with van der Waals surface area (Å²) in [5.41, 5.74) is 1.57. The summed E-state index contributed by atoms with van der Waals surface area (Å²) < 4.78 is 0. The van der Waals surface area contributed by atoms with E-state index in [1.807, 2.05) is 37.2 Å². The highest BCUT2D eigenvalue weighted by Gasteiger charge is 2.07. The molecule has 1 heterocycles. The summed E-state index contributed by atoms with van der Waals surface area (Å²) in [7, 11) is 3.86. The number of nitrogens with zero attached hydrogens (tertiary/aromatic N) is 3. The van der Waals surface area contributed by atoms with Crippen LogP contribution in [0.15, 0.2) is 42.9 Å². The zero-order valence-electron chi connectivity index (χ0n) is 10.3. The number of anilines is 2. The number of hydrogen-bond acceptors (Lipinski definition) is 4. The van der Waals surface area contributed by atoms with E-state index in [2.05, 4.69) is 15.3 Å². The van der Waals surface area contributed by atoms with Gasteiger partial charge in [0.25, 0.3) is 5.91 Å². The lowest BCUT2D eigenvalue weighted by Gasteiger charge is -2.13. The van der Waals surface area contributed by atoms with E-state index in [1.165, 1.54) is 6.33 Å². The number of carbonyl (C=O) groups is 1. The molecule has 0 unspecified atom stereocenters. The van der Waals surface area contributed by atoms with Crippen molar-refractivity contribution in [2.75, 3.05) is 24.3 Å². The lowest BCUT2D eigenvalue weighted by atomic mass is 10.2. The molecular formula is C13H14N4O. The molecule has 0 aliphatic rings. The molecule has 2 aromatic rings. The van der Waals surface area contributed by atoms with Crippen molar-refractivity contribution < 1.29 is 4.79 Å². The van der Waals surface area contributed by atoms with Gasteiger partial charge in [0.15, 0.2) is 0 Å². The second-order valence-electron chi connectivity index (χ2n) is 3.99. The van der Waals surface area contributed by atoms with Crippen molar-refractivity contribution in [2.24, 2.45) is 0 Å². The highest BCUT2D eigenvalue weighted by molar-refractivity contribution is 6.04. The maximum absolute atomic E-state index is 12.0. The van der Waals surface area contributed by atoms with Crippen molar-refractivity contribution in [3.8, 4) is 0 Å². The monoisotopic (exact) mass is 242 g/mol. The molecule has 18 heavy (non-hydrogen) atoms. The van der Waals surface area contributed by atoms with E-state index in [0.717, 1.165) is 5.69 Å². The molecule has 5 nitrogen and oxygen atoms in total. The van der Waals surface area contributed by atoms with Crippen molar-refractivity contribution in [3.63, 3.8) is 0 Å². The highest BCUT2D eigenvalue weighted by Crippen LogP contribution is 2.14. The van der Waals surface area contributed by atoms with E-state index in [0.29, 0.717) is 11.4 Å². The molecule has 0 spiro atoms. The molecule has 1 N–H and O–H groups in total. The summed E-state index contributed by atoms with van der Waals surface area (Å²) in [6.45, 7) is 0. The normalized spacial score (nSPS) is 9.89. The van der Waals surface area contributed by atoms with Gasteiger partial charge in [-0.1, -0.05) is 6.07 Å². The van der Waals surface area contributed by atoms with Gasteiger partial charge in [0, 0.05) is 31.5 Å². The maximum Gasteiger partial charge on any atom is 0.256 e. The first kappa shape index (κ1) is 12.0. The number of aromatic nitrogens is 2. The largest absolute Gasteiger partial charge is 0.378 e. The Morgan fingerprint density at radius 3 is 2.78 bits per heavy atom.